The van der Waals surface area contributed by atoms with Crippen molar-refractivity contribution in [2.45, 2.75) is 38.6 Å². The molecule has 1 atom stereocenters. The number of amides is 1. The lowest BCUT2D eigenvalue weighted by Gasteiger charge is -2.24. The molecular formula is C9H15NO3. The molecule has 0 heterocycles. The normalized spacial score (nSPS) is 18.8. The van der Waals surface area contributed by atoms with Gasteiger partial charge in [-0.1, -0.05) is 6.42 Å². The van der Waals surface area contributed by atoms with Gasteiger partial charge in [-0.05, 0) is 25.7 Å². The fourth-order valence-electron chi connectivity index (χ4n) is 1.32. The number of nitrogens with one attached hydrogen (secondary N) is 1. The van der Waals surface area contributed by atoms with Crippen LogP contribution in [-0.2, 0) is 9.59 Å². The summed E-state index contributed by atoms with van der Waals surface area (Å²) in [7, 11) is 0. The van der Waals surface area contributed by atoms with Crippen molar-refractivity contribution in [3.63, 3.8) is 0 Å². The second-order valence-corrected chi connectivity index (χ2v) is 3.63. The van der Waals surface area contributed by atoms with Gasteiger partial charge < -0.3 is 10.4 Å². The van der Waals surface area contributed by atoms with Crippen LogP contribution >= 0.6 is 0 Å². The van der Waals surface area contributed by atoms with Crippen LogP contribution in [0.4, 0.5) is 0 Å². The van der Waals surface area contributed by atoms with Gasteiger partial charge in [-0.15, -0.1) is 0 Å². The van der Waals surface area contributed by atoms with Gasteiger partial charge >= 0.3 is 5.97 Å². The molecular weight excluding hydrogens is 170 g/mol. The Bertz CT molecular complexity index is 211. The van der Waals surface area contributed by atoms with Gasteiger partial charge in [0.05, 0.1) is 0 Å². The molecule has 1 amide bonds. The van der Waals surface area contributed by atoms with E-state index in [-0.39, 0.29) is 5.91 Å². The minimum absolute atomic E-state index is 0.139. The molecule has 4 nitrogen and oxygen atoms in total. The third-order valence-electron chi connectivity index (χ3n) is 2.45. The van der Waals surface area contributed by atoms with Gasteiger partial charge in [-0.25, -0.2) is 0 Å². The average molecular weight is 185 g/mol. The minimum Gasteiger partial charge on any atom is -0.480 e. The minimum atomic E-state index is -0.984. The van der Waals surface area contributed by atoms with Gasteiger partial charge in [0.1, 0.15) is 6.04 Å². The summed E-state index contributed by atoms with van der Waals surface area (Å²) in [5, 5.41) is 11.0. The number of carbonyl (C=O) groups is 2. The second-order valence-electron chi connectivity index (χ2n) is 3.63. The summed E-state index contributed by atoms with van der Waals surface area (Å²) in [6.07, 6.45) is 3.90. The summed E-state index contributed by atoms with van der Waals surface area (Å²) in [5.74, 6) is -0.637. The monoisotopic (exact) mass is 185 g/mol. The Morgan fingerprint density at radius 3 is 2.54 bits per heavy atom. The van der Waals surface area contributed by atoms with Crippen molar-refractivity contribution >= 4 is 11.9 Å². The van der Waals surface area contributed by atoms with Crippen molar-refractivity contribution in [2.24, 2.45) is 5.92 Å². The van der Waals surface area contributed by atoms with Crippen LogP contribution in [-0.4, -0.2) is 23.0 Å². The van der Waals surface area contributed by atoms with Crippen LogP contribution < -0.4 is 5.32 Å². The molecule has 1 aliphatic carbocycles. The lowest BCUT2D eigenvalue weighted by molar-refractivity contribution is -0.141. The van der Waals surface area contributed by atoms with Crippen LogP contribution in [0.3, 0.4) is 0 Å². The van der Waals surface area contributed by atoms with E-state index in [0.29, 0.717) is 12.3 Å². The van der Waals surface area contributed by atoms with Gasteiger partial charge in [-0.2, -0.15) is 0 Å². The van der Waals surface area contributed by atoms with Crippen molar-refractivity contribution in [1.29, 1.82) is 0 Å². The average Bonchev–Trinajstić information content (AvgIpc) is 1.96. The molecule has 1 fully saturated rings. The summed E-state index contributed by atoms with van der Waals surface area (Å²) in [6.45, 7) is 1.47. The standard InChI is InChI=1S/C9H15NO3/c1-6(9(12)13)10-8(11)5-7-3-2-4-7/h6-7H,2-5H2,1H3,(H,10,11)(H,12,13)/t6-/m1/s1. The molecule has 0 aromatic rings. The van der Waals surface area contributed by atoms with Gasteiger partial charge in [-0.3, -0.25) is 9.59 Å². The molecule has 74 valence electrons. The van der Waals surface area contributed by atoms with Crippen molar-refractivity contribution < 1.29 is 14.7 Å². The number of hydrogen-bond acceptors (Lipinski definition) is 2. The molecule has 0 unspecified atom stereocenters. The number of carbonyl (C=O) groups excluding carboxylic acids is 1. The van der Waals surface area contributed by atoms with Crippen molar-refractivity contribution in [3.8, 4) is 0 Å². The SMILES string of the molecule is C[C@@H](NC(=O)CC1CCC1)C(=O)O. The molecule has 0 bridgehead atoms. The number of aliphatic carboxylic acids is 1. The third kappa shape index (κ3) is 3.05. The third-order valence-corrected chi connectivity index (χ3v) is 2.45. The highest BCUT2D eigenvalue weighted by atomic mass is 16.4. The molecule has 0 aromatic carbocycles. The number of carboxylic acid groups (broad SMARTS) is 1. The molecule has 1 rings (SSSR count). The highest BCUT2D eigenvalue weighted by molar-refractivity contribution is 5.83. The molecule has 0 saturated heterocycles. The van der Waals surface area contributed by atoms with E-state index < -0.39 is 12.0 Å². The summed E-state index contributed by atoms with van der Waals surface area (Å²) >= 11 is 0. The summed E-state index contributed by atoms with van der Waals surface area (Å²) in [5.41, 5.74) is 0. The highest BCUT2D eigenvalue weighted by Crippen LogP contribution is 2.29. The molecule has 1 aliphatic rings. The molecule has 1 saturated carbocycles. The zero-order valence-corrected chi connectivity index (χ0v) is 7.75. The summed E-state index contributed by atoms with van der Waals surface area (Å²) < 4.78 is 0. The Kier molecular flexibility index (Phi) is 3.28. The lowest BCUT2D eigenvalue weighted by atomic mass is 9.83. The molecule has 0 radical (unpaired) electrons. The van der Waals surface area contributed by atoms with E-state index in [0.717, 1.165) is 12.8 Å². The van der Waals surface area contributed by atoms with Gasteiger partial charge in [0.25, 0.3) is 0 Å². The maximum Gasteiger partial charge on any atom is 0.325 e. The van der Waals surface area contributed by atoms with Crippen LogP contribution in [0, 0.1) is 5.92 Å². The Hall–Kier alpha value is -1.06. The Balaban J connectivity index is 2.19. The first-order chi connectivity index (χ1) is 6.09. The predicted molar refractivity (Wildman–Crippen MR) is 47.2 cm³/mol. The highest BCUT2D eigenvalue weighted by Gasteiger charge is 2.22. The van der Waals surface area contributed by atoms with Crippen LogP contribution in [0.1, 0.15) is 32.6 Å². The number of carboxylic acids is 1. The maximum absolute atomic E-state index is 11.2. The lowest BCUT2D eigenvalue weighted by Crippen LogP contribution is -2.39. The fraction of sp³-hybridized carbons (Fsp3) is 0.778. The number of rotatable bonds is 4. The first-order valence-corrected chi connectivity index (χ1v) is 4.61. The van der Waals surface area contributed by atoms with E-state index in [1.54, 1.807) is 0 Å². The van der Waals surface area contributed by atoms with Crippen LogP contribution in [0.15, 0.2) is 0 Å². The van der Waals surface area contributed by atoms with Crippen molar-refractivity contribution in [2.75, 3.05) is 0 Å². The van der Waals surface area contributed by atoms with E-state index in [4.69, 9.17) is 5.11 Å². The van der Waals surface area contributed by atoms with Crippen LogP contribution in [0.2, 0.25) is 0 Å². The Morgan fingerprint density at radius 2 is 2.15 bits per heavy atom. The van der Waals surface area contributed by atoms with Crippen LogP contribution in [0.25, 0.3) is 0 Å². The van der Waals surface area contributed by atoms with Gasteiger partial charge in [0, 0.05) is 6.42 Å². The zero-order chi connectivity index (χ0) is 9.84. The van der Waals surface area contributed by atoms with Crippen LogP contribution in [0.5, 0.6) is 0 Å². The van der Waals surface area contributed by atoms with Crippen molar-refractivity contribution in [1.82, 2.24) is 5.32 Å². The first-order valence-electron chi connectivity index (χ1n) is 4.61. The first kappa shape index (κ1) is 10.0. The second kappa shape index (κ2) is 4.25. The Morgan fingerprint density at radius 1 is 1.54 bits per heavy atom. The summed E-state index contributed by atoms with van der Waals surface area (Å²) in [4.78, 5) is 21.6. The molecule has 13 heavy (non-hydrogen) atoms. The zero-order valence-electron chi connectivity index (χ0n) is 7.75. The van der Waals surface area contributed by atoms with E-state index >= 15 is 0 Å². The molecule has 0 aromatic heterocycles. The molecule has 0 spiro atoms. The van der Waals surface area contributed by atoms with E-state index in [1.807, 2.05) is 0 Å². The Labute approximate surface area is 77.3 Å². The van der Waals surface area contributed by atoms with Gasteiger partial charge in [0.2, 0.25) is 5.91 Å². The van der Waals surface area contributed by atoms with E-state index in [1.165, 1.54) is 13.3 Å². The molecule has 0 aliphatic heterocycles. The van der Waals surface area contributed by atoms with E-state index in [9.17, 15) is 9.59 Å². The number of hydrogen-bond donors (Lipinski definition) is 2. The quantitative estimate of drug-likeness (QED) is 0.679. The van der Waals surface area contributed by atoms with E-state index in [2.05, 4.69) is 5.32 Å². The van der Waals surface area contributed by atoms with Gasteiger partial charge in [0.15, 0.2) is 0 Å². The maximum atomic E-state index is 11.2. The topological polar surface area (TPSA) is 66.4 Å². The van der Waals surface area contributed by atoms with Crippen molar-refractivity contribution in [3.05, 3.63) is 0 Å². The summed E-state index contributed by atoms with van der Waals surface area (Å²) in [6, 6.07) is -0.771. The largest absolute Gasteiger partial charge is 0.480 e. The molecule has 2 N–H and O–H groups in total. The molecule has 4 heteroatoms. The predicted octanol–water partition coefficient (Wildman–Crippen LogP) is 0.766. The fourth-order valence-corrected chi connectivity index (χ4v) is 1.32. The smallest absolute Gasteiger partial charge is 0.325 e.